The minimum atomic E-state index is -0.264. The van der Waals surface area contributed by atoms with Gasteiger partial charge in [0.1, 0.15) is 5.82 Å². The van der Waals surface area contributed by atoms with Crippen molar-refractivity contribution in [3.05, 3.63) is 60.3 Å². The Bertz CT molecular complexity index is 754. The van der Waals surface area contributed by atoms with Crippen LogP contribution in [-0.2, 0) is 13.6 Å². The van der Waals surface area contributed by atoms with E-state index in [1.54, 1.807) is 18.3 Å². The highest BCUT2D eigenvalue weighted by atomic mass is 19.1. The van der Waals surface area contributed by atoms with Crippen LogP contribution in [0.25, 0.3) is 10.9 Å². The molecule has 3 aromatic rings. The summed E-state index contributed by atoms with van der Waals surface area (Å²) in [6.45, 7) is 0.263. The van der Waals surface area contributed by atoms with Crippen LogP contribution in [0.15, 0.2) is 48.9 Å². The van der Waals surface area contributed by atoms with E-state index in [4.69, 9.17) is 0 Å². The molecule has 0 aliphatic heterocycles. The molecule has 0 unspecified atom stereocenters. The van der Waals surface area contributed by atoms with Gasteiger partial charge in [-0.15, -0.1) is 0 Å². The van der Waals surface area contributed by atoms with Crippen LogP contribution >= 0.6 is 0 Å². The van der Waals surface area contributed by atoms with Gasteiger partial charge in [-0.1, -0.05) is 0 Å². The predicted molar refractivity (Wildman–Crippen MR) is 71.6 cm³/mol. The van der Waals surface area contributed by atoms with Crippen LogP contribution in [0.3, 0.4) is 0 Å². The lowest BCUT2D eigenvalue weighted by molar-refractivity contribution is 0.0973. The highest BCUT2D eigenvalue weighted by Crippen LogP contribution is 2.17. The molecule has 0 fully saturated rings. The fourth-order valence-corrected chi connectivity index (χ4v) is 2.22. The van der Waals surface area contributed by atoms with Crippen LogP contribution in [-0.4, -0.2) is 14.9 Å². The first-order valence-corrected chi connectivity index (χ1v) is 6.03. The van der Waals surface area contributed by atoms with Crippen LogP contribution in [0.4, 0.5) is 4.39 Å². The third kappa shape index (κ3) is 2.17. The fraction of sp³-hybridized carbons (Fsp3) is 0.133. The van der Waals surface area contributed by atoms with Gasteiger partial charge in [0.2, 0.25) is 0 Å². The van der Waals surface area contributed by atoms with Crippen molar-refractivity contribution in [3.8, 4) is 0 Å². The van der Waals surface area contributed by atoms with Gasteiger partial charge in [0.25, 0.3) is 0 Å². The number of aryl methyl sites for hydroxylation is 1. The van der Waals surface area contributed by atoms with Crippen molar-refractivity contribution in [1.82, 2.24) is 9.13 Å². The molecular weight excluding hydrogens is 243 g/mol. The summed E-state index contributed by atoms with van der Waals surface area (Å²) < 4.78 is 16.8. The molecule has 0 spiro atoms. The quantitative estimate of drug-likeness (QED) is 0.662. The average Bonchev–Trinajstić information content (AvgIpc) is 2.96. The highest BCUT2D eigenvalue weighted by Gasteiger charge is 2.10. The Morgan fingerprint density at radius 3 is 2.79 bits per heavy atom. The lowest BCUT2D eigenvalue weighted by atomic mass is 10.2. The zero-order valence-electron chi connectivity index (χ0n) is 10.5. The number of carbonyl (C=O) groups is 1. The number of nitrogens with zero attached hydrogens (tertiary/aromatic N) is 2. The van der Waals surface area contributed by atoms with Crippen molar-refractivity contribution >= 4 is 16.7 Å². The Morgan fingerprint density at radius 1 is 1.21 bits per heavy atom. The zero-order chi connectivity index (χ0) is 13.4. The van der Waals surface area contributed by atoms with E-state index in [0.717, 1.165) is 10.9 Å². The van der Waals surface area contributed by atoms with Crippen molar-refractivity contribution in [2.24, 2.45) is 7.05 Å². The molecule has 0 amide bonds. The zero-order valence-corrected chi connectivity index (χ0v) is 10.5. The van der Waals surface area contributed by atoms with Crippen LogP contribution < -0.4 is 0 Å². The first-order chi connectivity index (χ1) is 9.13. The molecule has 1 aromatic carbocycles. The summed E-state index contributed by atoms with van der Waals surface area (Å²) in [5.41, 5.74) is 1.55. The minimum absolute atomic E-state index is 0.0439. The first-order valence-electron chi connectivity index (χ1n) is 6.03. The first kappa shape index (κ1) is 11.7. The van der Waals surface area contributed by atoms with Crippen molar-refractivity contribution in [1.29, 1.82) is 0 Å². The van der Waals surface area contributed by atoms with Gasteiger partial charge in [-0.25, -0.2) is 4.39 Å². The molecule has 3 rings (SSSR count). The Hall–Kier alpha value is -2.36. The summed E-state index contributed by atoms with van der Waals surface area (Å²) in [7, 11) is 1.88. The molecule has 0 radical (unpaired) electrons. The highest BCUT2D eigenvalue weighted by molar-refractivity contribution is 5.96. The van der Waals surface area contributed by atoms with Gasteiger partial charge in [0, 0.05) is 42.1 Å². The standard InChI is InChI=1S/C15H13FN2O/c1-17-6-4-12(9-17)15(19)10-18-7-5-11-8-13(16)2-3-14(11)18/h2-9H,10H2,1H3. The number of hydrogen-bond acceptors (Lipinski definition) is 1. The molecule has 0 N–H and O–H groups in total. The third-order valence-electron chi connectivity index (χ3n) is 3.20. The number of halogens is 1. The van der Waals surface area contributed by atoms with Crippen molar-refractivity contribution < 1.29 is 9.18 Å². The summed E-state index contributed by atoms with van der Waals surface area (Å²) in [5, 5.41) is 0.806. The number of ketones is 1. The largest absolute Gasteiger partial charge is 0.357 e. The molecule has 4 heteroatoms. The molecule has 2 heterocycles. The number of hydrogen-bond donors (Lipinski definition) is 0. The third-order valence-corrected chi connectivity index (χ3v) is 3.20. The van der Waals surface area contributed by atoms with Gasteiger partial charge in [-0.05, 0) is 30.3 Å². The SMILES string of the molecule is Cn1ccc(C(=O)Cn2ccc3cc(F)ccc32)c1. The van der Waals surface area contributed by atoms with Crippen LogP contribution in [0.2, 0.25) is 0 Å². The normalized spacial score (nSPS) is 11.1. The van der Waals surface area contributed by atoms with E-state index in [0.29, 0.717) is 5.56 Å². The molecule has 0 aliphatic rings. The Morgan fingerprint density at radius 2 is 2.05 bits per heavy atom. The van der Waals surface area contributed by atoms with Crippen LogP contribution in [0.1, 0.15) is 10.4 Å². The van der Waals surface area contributed by atoms with Crippen molar-refractivity contribution in [2.45, 2.75) is 6.54 Å². The number of rotatable bonds is 3. The van der Waals surface area contributed by atoms with Gasteiger partial charge < -0.3 is 9.13 Å². The Balaban J connectivity index is 1.91. The molecule has 3 nitrogen and oxygen atoms in total. The van der Waals surface area contributed by atoms with E-state index in [1.165, 1.54) is 12.1 Å². The van der Waals surface area contributed by atoms with Crippen LogP contribution in [0.5, 0.6) is 0 Å². The Kier molecular flexibility index (Phi) is 2.71. The van der Waals surface area contributed by atoms with E-state index < -0.39 is 0 Å². The minimum Gasteiger partial charge on any atom is -0.357 e. The Labute approximate surface area is 109 Å². The van der Waals surface area contributed by atoms with E-state index in [-0.39, 0.29) is 18.1 Å². The smallest absolute Gasteiger partial charge is 0.184 e. The summed E-state index contributed by atoms with van der Waals surface area (Å²) in [5.74, 6) is -0.220. The van der Waals surface area contributed by atoms with Crippen LogP contribution in [0, 0.1) is 5.82 Å². The summed E-state index contributed by atoms with van der Waals surface area (Å²) in [6.07, 6.45) is 5.45. The second kappa shape index (κ2) is 4.39. The molecule has 19 heavy (non-hydrogen) atoms. The van der Waals surface area contributed by atoms with E-state index in [1.807, 2.05) is 34.6 Å². The molecule has 0 saturated carbocycles. The number of aromatic nitrogens is 2. The van der Waals surface area contributed by atoms with Gasteiger partial charge in [-0.3, -0.25) is 4.79 Å². The molecule has 96 valence electrons. The van der Waals surface area contributed by atoms with Gasteiger partial charge in [0.15, 0.2) is 5.78 Å². The van der Waals surface area contributed by atoms with Gasteiger partial charge >= 0.3 is 0 Å². The maximum absolute atomic E-state index is 13.1. The van der Waals surface area contributed by atoms with Gasteiger partial charge in [-0.2, -0.15) is 0 Å². The molecule has 0 saturated heterocycles. The van der Waals surface area contributed by atoms with Crippen molar-refractivity contribution in [2.75, 3.05) is 0 Å². The maximum Gasteiger partial charge on any atom is 0.184 e. The lowest BCUT2D eigenvalue weighted by Gasteiger charge is -2.03. The van der Waals surface area contributed by atoms with E-state index in [2.05, 4.69) is 0 Å². The molecule has 2 aromatic heterocycles. The molecule has 0 bridgehead atoms. The maximum atomic E-state index is 13.1. The van der Waals surface area contributed by atoms with Gasteiger partial charge in [0.05, 0.1) is 6.54 Å². The number of Topliss-reactive ketones (excluding diaryl/α,β-unsaturated/α-hetero) is 1. The number of fused-ring (bicyclic) bond motifs is 1. The molecule has 0 atom stereocenters. The van der Waals surface area contributed by atoms with Crippen molar-refractivity contribution in [3.63, 3.8) is 0 Å². The van der Waals surface area contributed by atoms with E-state index >= 15 is 0 Å². The molecule has 0 aliphatic carbocycles. The second-order valence-electron chi connectivity index (χ2n) is 4.64. The average molecular weight is 256 g/mol. The topological polar surface area (TPSA) is 26.9 Å². The summed E-state index contributed by atoms with van der Waals surface area (Å²) >= 11 is 0. The van der Waals surface area contributed by atoms with E-state index in [9.17, 15) is 9.18 Å². The number of benzene rings is 1. The summed E-state index contributed by atoms with van der Waals surface area (Å²) in [6, 6.07) is 8.19. The lowest BCUT2D eigenvalue weighted by Crippen LogP contribution is -2.08. The number of carbonyl (C=O) groups excluding carboxylic acids is 1. The monoisotopic (exact) mass is 256 g/mol. The predicted octanol–water partition coefficient (Wildman–Crippen LogP) is 3.00. The second-order valence-corrected chi connectivity index (χ2v) is 4.64. The fourth-order valence-electron chi connectivity index (χ4n) is 2.22. The molecular formula is C15H13FN2O. The summed E-state index contributed by atoms with van der Waals surface area (Å²) in [4.78, 5) is 12.1.